The molecule has 0 radical (unpaired) electrons. The second kappa shape index (κ2) is 6.19. The largest absolute Gasteiger partial charge is 0.384 e. The van der Waals surface area contributed by atoms with Gasteiger partial charge >= 0.3 is 5.69 Å². The van der Waals surface area contributed by atoms with Crippen molar-refractivity contribution in [3.63, 3.8) is 0 Å². The lowest BCUT2D eigenvalue weighted by Crippen LogP contribution is -2.44. The van der Waals surface area contributed by atoms with Crippen molar-refractivity contribution in [3.8, 4) is 0 Å². The van der Waals surface area contributed by atoms with Crippen molar-refractivity contribution in [1.29, 1.82) is 0 Å². The van der Waals surface area contributed by atoms with E-state index in [0.29, 0.717) is 6.54 Å². The van der Waals surface area contributed by atoms with Gasteiger partial charge in [0.2, 0.25) is 0 Å². The van der Waals surface area contributed by atoms with Crippen LogP contribution in [-0.4, -0.2) is 28.0 Å². The van der Waals surface area contributed by atoms with E-state index in [1.807, 2.05) is 4.90 Å². The number of hydrogen-bond donors (Lipinski definition) is 1. The van der Waals surface area contributed by atoms with Crippen molar-refractivity contribution in [2.24, 2.45) is 14.1 Å². The molecule has 0 atom stereocenters. The molecular formula is C17H19FN4O3. The van der Waals surface area contributed by atoms with Crippen LogP contribution in [-0.2, 0) is 20.5 Å². The molecule has 3 rings (SSSR count). The van der Waals surface area contributed by atoms with Crippen molar-refractivity contribution < 1.29 is 9.18 Å². The summed E-state index contributed by atoms with van der Waals surface area (Å²) in [4.78, 5) is 38.7. The molecule has 0 saturated carbocycles. The Balaban J connectivity index is 1.98. The Labute approximate surface area is 143 Å². The molecule has 1 aliphatic heterocycles. The van der Waals surface area contributed by atoms with Crippen LogP contribution in [0.5, 0.6) is 0 Å². The van der Waals surface area contributed by atoms with Crippen LogP contribution in [0.1, 0.15) is 22.3 Å². The van der Waals surface area contributed by atoms with E-state index < -0.39 is 17.0 Å². The first-order valence-electron chi connectivity index (χ1n) is 7.93. The highest BCUT2D eigenvalue weighted by Crippen LogP contribution is 2.27. The van der Waals surface area contributed by atoms with Gasteiger partial charge in [-0.1, -0.05) is 0 Å². The zero-order chi connectivity index (χ0) is 18.3. The third-order valence-electron chi connectivity index (χ3n) is 4.58. The molecule has 1 aromatic carbocycles. The van der Waals surface area contributed by atoms with Crippen LogP contribution in [0.2, 0.25) is 0 Å². The monoisotopic (exact) mass is 346 g/mol. The van der Waals surface area contributed by atoms with E-state index >= 15 is 0 Å². The van der Waals surface area contributed by atoms with Crippen molar-refractivity contribution in [3.05, 3.63) is 56.0 Å². The summed E-state index contributed by atoms with van der Waals surface area (Å²) in [7, 11) is 2.71. The summed E-state index contributed by atoms with van der Waals surface area (Å²) in [6.45, 7) is 0.562. The highest BCUT2D eigenvalue weighted by Gasteiger charge is 2.25. The minimum Gasteiger partial charge on any atom is -0.384 e. The molecule has 7 nitrogen and oxygen atoms in total. The second-order valence-corrected chi connectivity index (χ2v) is 6.19. The molecule has 0 spiro atoms. The number of anilines is 2. The first kappa shape index (κ1) is 16.9. The van der Waals surface area contributed by atoms with Gasteiger partial charge in [0, 0.05) is 26.3 Å². The van der Waals surface area contributed by atoms with Crippen LogP contribution < -0.4 is 21.9 Å². The third-order valence-corrected chi connectivity index (χ3v) is 4.58. The van der Waals surface area contributed by atoms with Crippen LogP contribution in [0.3, 0.4) is 0 Å². The van der Waals surface area contributed by atoms with Gasteiger partial charge in [-0.05, 0) is 36.6 Å². The summed E-state index contributed by atoms with van der Waals surface area (Å²) >= 11 is 0. The number of aromatic nitrogens is 2. The number of rotatable bonds is 3. The summed E-state index contributed by atoms with van der Waals surface area (Å²) in [6.07, 6.45) is 1.52. The third kappa shape index (κ3) is 2.84. The average Bonchev–Trinajstić information content (AvgIpc) is 2.58. The number of halogens is 1. The van der Waals surface area contributed by atoms with Crippen LogP contribution in [0, 0.1) is 5.82 Å². The molecule has 0 bridgehead atoms. The molecule has 2 aromatic rings. The normalized spacial score (nSPS) is 13.6. The van der Waals surface area contributed by atoms with Crippen molar-refractivity contribution in [2.45, 2.75) is 12.8 Å². The fourth-order valence-electron chi connectivity index (χ4n) is 3.18. The smallest absolute Gasteiger partial charge is 0.332 e. The molecule has 2 heterocycles. The highest BCUT2D eigenvalue weighted by atomic mass is 19.1. The number of hydrogen-bond acceptors (Lipinski definition) is 5. The molecule has 2 N–H and O–H groups in total. The number of benzene rings is 1. The Morgan fingerprint density at radius 2 is 1.96 bits per heavy atom. The van der Waals surface area contributed by atoms with Gasteiger partial charge in [0.15, 0.2) is 5.78 Å². The first-order chi connectivity index (χ1) is 11.8. The van der Waals surface area contributed by atoms with Gasteiger partial charge in [0.05, 0.1) is 6.54 Å². The number of ketones is 1. The fraction of sp³-hybridized carbons (Fsp3) is 0.353. The van der Waals surface area contributed by atoms with Crippen LogP contribution in [0.25, 0.3) is 0 Å². The van der Waals surface area contributed by atoms with Crippen molar-refractivity contribution in [2.75, 3.05) is 23.7 Å². The zero-order valence-electron chi connectivity index (χ0n) is 14.1. The van der Waals surface area contributed by atoms with Crippen molar-refractivity contribution in [1.82, 2.24) is 9.13 Å². The summed E-state index contributed by atoms with van der Waals surface area (Å²) in [5.74, 6) is -0.927. The van der Waals surface area contributed by atoms with E-state index in [9.17, 15) is 18.8 Å². The Hall–Kier alpha value is -2.90. The number of carbonyl (C=O) groups is 1. The summed E-state index contributed by atoms with van der Waals surface area (Å²) in [5, 5.41) is 0. The predicted octanol–water partition coefficient (Wildman–Crippen LogP) is 0.441. The second-order valence-electron chi connectivity index (χ2n) is 6.19. The number of aryl methyl sites for hydroxylation is 1. The zero-order valence-corrected chi connectivity index (χ0v) is 14.1. The first-order valence-corrected chi connectivity index (χ1v) is 7.93. The van der Waals surface area contributed by atoms with Gasteiger partial charge in [-0.15, -0.1) is 0 Å². The number of nitrogens with two attached hydrogens (primary N) is 1. The highest BCUT2D eigenvalue weighted by molar-refractivity contribution is 6.02. The Morgan fingerprint density at radius 3 is 2.68 bits per heavy atom. The number of nitrogens with zero attached hydrogens (tertiary/aromatic N) is 3. The SMILES string of the molecule is Cn1c(N)c(C(=O)CN2CCCc3cc(F)ccc32)c(=O)n(C)c1=O. The molecular weight excluding hydrogens is 327 g/mol. The van der Waals surface area contributed by atoms with Crippen LogP contribution in [0.15, 0.2) is 27.8 Å². The van der Waals surface area contributed by atoms with Gasteiger partial charge in [-0.3, -0.25) is 18.7 Å². The summed E-state index contributed by atoms with van der Waals surface area (Å²) in [6, 6.07) is 4.45. The minimum absolute atomic E-state index is 0.0592. The average molecular weight is 346 g/mol. The van der Waals surface area contributed by atoms with E-state index in [-0.39, 0.29) is 23.7 Å². The Kier molecular flexibility index (Phi) is 4.20. The maximum atomic E-state index is 13.4. The molecule has 132 valence electrons. The molecule has 8 heteroatoms. The van der Waals surface area contributed by atoms with Gasteiger partial charge in [0.25, 0.3) is 5.56 Å². The van der Waals surface area contributed by atoms with E-state index in [0.717, 1.165) is 33.2 Å². The maximum Gasteiger partial charge on any atom is 0.332 e. The molecule has 0 aliphatic carbocycles. The topological polar surface area (TPSA) is 90.3 Å². The van der Waals surface area contributed by atoms with Gasteiger partial charge in [-0.25, -0.2) is 9.18 Å². The lowest BCUT2D eigenvalue weighted by molar-refractivity contribution is 0.0996. The fourth-order valence-corrected chi connectivity index (χ4v) is 3.18. The van der Waals surface area contributed by atoms with Crippen LogP contribution in [0.4, 0.5) is 15.9 Å². The molecule has 0 saturated heterocycles. The molecule has 0 unspecified atom stereocenters. The molecule has 1 aromatic heterocycles. The lowest BCUT2D eigenvalue weighted by atomic mass is 10.0. The molecule has 1 aliphatic rings. The van der Waals surface area contributed by atoms with E-state index in [1.165, 1.54) is 26.2 Å². The number of carbonyl (C=O) groups excluding carboxylic acids is 1. The van der Waals surface area contributed by atoms with Gasteiger partial charge in [0.1, 0.15) is 17.2 Å². The van der Waals surface area contributed by atoms with E-state index in [2.05, 4.69) is 0 Å². The summed E-state index contributed by atoms with van der Waals surface area (Å²) < 4.78 is 15.3. The number of fused-ring (bicyclic) bond motifs is 1. The van der Waals surface area contributed by atoms with Crippen LogP contribution >= 0.6 is 0 Å². The number of Topliss-reactive ketones (excluding diaryl/α,β-unsaturated/α-hetero) is 1. The van der Waals surface area contributed by atoms with Gasteiger partial charge < -0.3 is 10.6 Å². The lowest BCUT2D eigenvalue weighted by Gasteiger charge is -2.30. The van der Waals surface area contributed by atoms with Crippen molar-refractivity contribution >= 4 is 17.3 Å². The van der Waals surface area contributed by atoms with Gasteiger partial charge in [-0.2, -0.15) is 0 Å². The van der Waals surface area contributed by atoms with E-state index in [4.69, 9.17) is 5.73 Å². The predicted molar refractivity (Wildman–Crippen MR) is 92.6 cm³/mol. The standard InChI is InChI=1S/C17H19FN4O3/c1-20-15(19)14(16(24)21(2)17(20)25)13(23)9-22-7-3-4-10-8-11(18)5-6-12(10)22/h5-6,8H,3-4,7,9,19H2,1-2H3. The maximum absolute atomic E-state index is 13.4. The Morgan fingerprint density at radius 1 is 1.24 bits per heavy atom. The quantitative estimate of drug-likeness (QED) is 0.815. The molecule has 0 amide bonds. The van der Waals surface area contributed by atoms with E-state index in [1.54, 1.807) is 6.07 Å². The Bertz CT molecular complexity index is 977. The summed E-state index contributed by atoms with van der Waals surface area (Å²) in [5.41, 5.74) is 5.96. The minimum atomic E-state index is -0.707. The molecule has 0 fully saturated rings. The molecule has 25 heavy (non-hydrogen) atoms. The number of nitrogen functional groups attached to an aromatic ring is 1.